The molecule has 2 aromatic carbocycles. The predicted octanol–water partition coefficient (Wildman–Crippen LogP) is 4.93. The van der Waals surface area contributed by atoms with Crippen LogP contribution >= 0.6 is 0 Å². The SMILES string of the molecule is CC(C)C1=C(c2ccccc2)N=C[N+]1(Cc1ccccc1)C(=O)n1ccnc1. The molecule has 0 aliphatic carbocycles. The van der Waals surface area contributed by atoms with E-state index in [1.807, 2.05) is 60.7 Å². The predicted molar refractivity (Wildman–Crippen MR) is 110 cm³/mol. The lowest BCUT2D eigenvalue weighted by Gasteiger charge is -2.31. The summed E-state index contributed by atoms with van der Waals surface area (Å²) in [4.78, 5) is 22.5. The van der Waals surface area contributed by atoms with Crippen molar-refractivity contribution >= 4 is 18.1 Å². The summed E-state index contributed by atoms with van der Waals surface area (Å²) in [5.41, 5.74) is 3.97. The molecule has 1 amide bonds. The summed E-state index contributed by atoms with van der Waals surface area (Å²) in [6, 6.07) is 20.1. The van der Waals surface area contributed by atoms with Crippen LogP contribution in [0.15, 0.2) is 90.1 Å². The van der Waals surface area contributed by atoms with E-state index in [-0.39, 0.29) is 16.4 Å². The average Bonchev–Trinajstić information content (AvgIpc) is 3.38. The van der Waals surface area contributed by atoms with Crippen molar-refractivity contribution < 1.29 is 9.28 Å². The number of rotatable bonds is 4. The summed E-state index contributed by atoms with van der Waals surface area (Å²) in [7, 11) is 0. The van der Waals surface area contributed by atoms with Crippen LogP contribution in [-0.4, -0.2) is 26.4 Å². The molecule has 0 bridgehead atoms. The third kappa shape index (κ3) is 3.10. The van der Waals surface area contributed by atoms with Gasteiger partial charge in [-0.1, -0.05) is 74.5 Å². The molecule has 2 heterocycles. The van der Waals surface area contributed by atoms with Gasteiger partial charge in [0.05, 0.1) is 0 Å². The molecule has 3 aromatic rings. The zero-order valence-electron chi connectivity index (χ0n) is 16.1. The second-order valence-corrected chi connectivity index (χ2v) is 7.26. The highest BCUT2D eigenvalue weighted by molar-refractivity contribution is 5.87. The Morgan fingerprint density at radius 3 is 2.32 bits per heavy atom. The van der Waals surface area contributed by atoms with Gasteiger partial charge in [0, 0.05) is 29.4 Å². The van der Waals surface area contributed by atoms with Crippen LogP contribution in [0.1, 0.15) is 25.0 Å². The van der Waals surface area contributed by atoms with Crippen molar-refractivity contribution in [2.75, 3.05) is 0 Å². The molecule has 1 unspecified atom stereocenters. The van der Waals surface area contributed by atoms with Crippen LogP contribution in [0.3, 0.4) is 0 Å². The molecule has 0 saturated carbocycles. The van der Waals surface area contributed by atoms with E-state index < -0.39 is 0 Å². The number of imidazole rings is 1. The summed E-state index contributed by atoms with van der Waals surface area (Å²) in [6.45, 7) is 4.74. The monoisotopic (exact) mass is 371 g/mol. The first-order chi connectivity index (χ1) is 13.6. The van der Waals surface area contributed by atoms with Gasteiger partial charge >= 0.3 is 6.03 Å². The van der Waals surface area contributed by atoms with Crippen molar-refractivity contribution in [1.82, 2.24) is 9.55 Å². The second kappa shape index (κ2) is 7.37. The van der Waals surface area contributed by atoms with Gasteiger partial charge in [-0.3, -0.25) is 0 Å². The summed E-state index contributed by atoms with van der Waals surface area (Å²) in [6.07, 6.45) is 6.66. The van der Waals surface area contributed by atoms with Crippen molar-refractivity contribution in [3.63, 3.8) is 0 Å². The lowest BCUT2D eigenvalue weighted by atomic mass is 10.0. The number of hydrogen-bond acceptors (Lipinski definition) is 3. The molecule has 140 valence electrons. The first-order valence-electron chi connectivity index (χ1n) is 9.42. The minimum atomic E-state index is -0.0836. The van der Waals surface area contributed by atoms with Crippen LogP contribution < -0.4 is 0 Å². The molecule has 5 heteroatoms. The van der Waals surface area contributed by atoms with Crippen molar-refractivity contribution in [2.24, 2.45) is 10.9 Å². The van der Waals surface area contributed by atoms with Gasteiger partial charge in [-0.15, -0.1) is 0 Å². The third-order valence-electron chi connectivity index (χ3n) is 4.99. The smallest absolute Gasteiger partial charge is 0.245 e. The zero-order valence-corrected chi connectivity index (χ0v) is 16.1. The Bertz CT molecular complexity index is 1020. The van der Waals surface area contributed by atoms with E-state index in [0.29, 0.717) is 6.54 Å². The minimum absolute atomic E-state index is 0.0300. The number of hydrogen-bond donors (Lipinski definition) is 0. The topological polar surface area (TPSA) is 47.2 Å². The molecule has 4 rings (SSSR count). The Balaban J connectivity index is 1.91. The number of quaternary nitrogens is 1. The second-order valence-electron chi connectivity index (χ2n) is 7.26. The number of aromatic nitrogens is 2. The van der Waals surface area contributed by atoms with Crippen LogP contribution in [0.5, 0.6) is 0 Å². The molecule has 1 atom stereocenters. The number of allylic oxidation sites excluding steroid dienone is 1. The normalized spacial score (nSPS) is 18.8. The molecule has 1 aliphatic rings. The van der Waals surface area contributed by atoms with Gasteiger partial charge in [-0.2, -0.15) is 9.48 Å². The van der Waals surface area contributed by atoms with Gasteiger partial charge in [-0.25, -0.2) is 14.3 Å². The van der Waals surface area contributed by atoms with Crippen LogP contribution in [0.25, 0.3) is 5.70 Å². The van der Waals surface area contributed by atoms with Crippen molar-refractivity contribution in [1.29, 1.82) is 0 Å². The minimum Gasteiger partial charge on any atom is -0.245 e. The van der Waals surface area contributed by atoms with E-state index in [4.69, 9.17) is 4.99 Å². The quantitative estimate of drug-likeness (QED) is 0.610. The molecule has 28 heavy (non-hydrogen) atoms. The van der Waals surface area contributed by atoms with Crippen molar-refractivity contribution in [3.05, 3.63) is 96.2 Å². The van der Waals surface area contributed by atoms with E-state index in [2.05, 4.69) is 18.8 Å². The Kier molecular flexibility index (Phi) is 4.75. The Morgan fingerprint density at radius 2 is 1.71 bits per heavy atom. The summed E-state index contributed by atoms with van der Waals surface area (Å²) in [5.74, 6) is 0.133. The van der Waals surface area contributed by atoms with Gasteiger partial charge in [0.25, 0.3) is 0 Å². The van der Waals surface area contributed by atoms with Gasteiger partial charge < -0.3 is 0 Å². The fourth-order valence-electron chi connectivity index (χ4n) is 3.82. The van der Waals surface area contributed by atoms with E-state index >= 15 is 0 Å². The van der Waals surface area contributed by atoms with Gasteiger partial charge in [0.15, 0.2) is 5.70 Å². The molecule has 1 aliphatic heterocycles. The first kappa shape index (κ1) is 18.1. The van der Waals surface area contributed by atoms with Gasteiger partial charge in [0.2, 0.25) is 6.34 Å². The Hall–Kier alpha value is -3.31. The van der Waals surface area contributed by atoms with Crippen LogP contribution in [0.2, 0.25) is 0 Å². The number of carbonyl (C=O) groups is 1. The zero-order chi connectivity index (χ0) is 19.6. The number of benzene rings is 2. The van der Waals surface area contributed by atoms with E-state index in [9.17, 15) is 4.79 Å². The molecule has 0 N–H and O–H groups in total. The van der Waals surface area contributed by atoms with E-state index in [0.717, 1.165) is 22.5 Å². The first-order valence-corrected chi connectivity index (χ1v) is 9.42. The largest absolute Gasteiger partial charge is 0.439 e. The molecule has 0 saturated heterocycles. The maximum atomic E-state index is 13.7. The maximum absolute atomic E-state index is 13.7. The van der Waals surface area contributed by atoms with Crippen molar-refractivity contribution in [3.8, 4) is 0 Å². The summed E-state index contributed by atoms with van der Waals surface area (Å²) >= 11 is 0. The highest BCUT2D eigenvalue weighted by atomic mass is 16.2. The average molecular weight is 371 g/mol. The Morgan fingerprint density at radius 1 is 1.04 bits per heavy atom. The molecule has 1 aromatic heterocycles. The molecular weight excluding hydrogens is 348 g/mol. The molecule has 0 spiro atoms. The van der Waals surface area contributed by atoms with E-state index in [1.54, 1.807) is 29.6 Å². The summed E-state index contributed by atoms with van der Waals surface area (Å²) < 4.78 is 1.58. The molecule has 0 radical (unpaired) electrons. The van der Waals surface area contributed by atoms with E-state index in [1.165, 1.54) is 0 Å². The molecule has 0 fully saturated rings. The molecule has 5 nitrogen and oxygen atoms in total. The number of nitrogens with zero attached hydrogens (tertiary/aromatic N) is 4. The van der Waals surface area contributed by atoms with Crippen LogP contribution in [-0.2, 0) is 6.54 Å². The highest BCUT2D eigenvalue weighted by Crippen LogP contribution is 2.39. The van der Waals surface area contributed by atoms with Crippen LogP contribution in [0, 0.1) is 5.92 Å². The number of carbonyl (C=O) groups excluding carboxylic acids is 1. The fraction of sp³-hybridized carbons (Fsp3) is 0.174. The van der Waals surface area contributed by atoms with Crippen molar-refractivity contribution in [2.45, 2.75) is 20.4 Å². The maximum Gasteiger partial charge on any atom is 0.439 e. The third-order valence-corrected chi connectivity index (χ3v) is 4.99. The fourth-order valence-corrected chi connectivity index (χ4v) is 3.82. The standard InChI is InChI=1S/C23H23N4O/c1-18(2)22-21(20-11-7-4-8-12-20)25-17-27(22,15-19-9-5-3-6-10-19)23(28)26-14-13-24-16-26/h3-14,16-18H,15H2,1-2H3/q+1. The number of aliphatic imine (C=N–C) groups is 1. The van der Waals surface area contributed by atoms with Crippen LogP contribution in [0.4, 0.5) is 4.79 Å². The van der Waals surface area contributed by atoms with Gasteiger partial charge in [-0.05, 0) is 0 Å². The lowest BCUT2D eigenvalue weighted by Crippen LogP contribution is -2.51. The molecular formula is C23H23N4O+. The summed E-state index contributed by atoms with van der Waals surface area (Å²) in [5, 5.41) is 0. The number of amides is 1. The van der Waals surface area contributed by atoms with Gasteiger partial charge in [0.1, 0.15) is 18.6 Å². The lowest BCUT2D eigenvalue weighted by molar-refractivity contribution is -0.725. The Labute approximate surface area is 164 Å². The highest BCUT2D eigenvalue weighted by Gasteiger charge is 2.48.